The van der Waals surface area contributed by atoms with Crippen LogP contribution in [0.4, 0.5) is 5.69 Å². The summed E-state index contributed by atoms with van der Waals surface area (Å²) in [5.41, 5.74) is 2.29. The molecule has 2 N–H and O–H groups in total. The van der Waals surface area contributed by atoms with Crippen molar-refractivity contribution in [3.05, 3.63) is 23.8 Å². The van der Waals surface area contributed by atoms with E-state index in [-0.39, 0.29) is 5.54 Å². The van der Waals surface area contributed by atoms with Gasteiger partial charge < -0.3 is 10.4 Å². The predicted octanol–water partition coefficient (Wildman–Crippen LogP) is 2.53. The van der Waals surface area contributed by atoms with Crippen LogP contribution in [0.5, 0.6) is 5.75 Å². The largest absolute Gasteiger partial charge is 0.508 e. The van der Waals surface area contributed by atoms with E-state index in [2.05, 4.69) is 19.2 Å². The van der Waals surface area contributed by atoms with E-state index < -0.39 is 0 Å². The average Bonchev–Trinajstić information content (AvgIpc) is 2.02. The molecular weight excluding hydrogens is 162 g/mol. The second-order valence-corrected chi connectivity index (χ2v) is 4.31. The number of hydrogen-bond donors (Lipinski definition) is 2. The van der Waals surface area contributed by atoms with Gasteiger partial charge in [-0.15, -0.1) is 0 Å². The summed E-state index contributed by atoms with van der Waals surface area (Å²) in [6, 6.07) is 5.65. The molecule has 1 aliphatic heterocycles. The molecule has 0 amide bonds. The number of fused-ring (bicyclic) bond motifs is 1. The number of anilines is 1. The summed E-state index contributed by atoms with van der Waals surface area (Å²) in [6.45, 7) is 4.36. The van der Waals surface area contributed by atoms with Gasteiger partial charge >= 0.3 is 0 Å². The van der Waals surface area contributed by atoms with Crippen LogP contribution in [-0.4, -0.2) is 10.6 Å². The van der Waals surface area contributed by atoms with Gasteiger partial charge in [0.2, 0.25) is 0 Å². The summed E-state index contributed by atoms with van der Waals surface area (Å²) < 4.78 is 0. The second-order valence-electron chi connectivity index (χ2n) is 4.31. The average molecular weight is 177 g/mol. The van der Waals surface area contributed by atoms with E-state index in [4.69, 9.17) is 0 Å². The van der Waals surface area contributed by atoms with E-state index in [1.54, 1.807) is 6.07 Å². The van der Waals surface area contributed by atoms with Crippen molar-refractivity contribution in [2.75, 3.05) is 5.32 Å². The van der Waals surface area contributed by atoms with E-state index in [0.29, 0.717) is 5.75 Å². The molecule has 0 saturated heterocycles. The number of phenolic OH excluding ortho intramolecular Hbond substituents is 1. The van der Waals surface area contributed by atoms with Crippen molar-refractivity contribution in [1.29, 1.82) is 0 Å². The highest BCUT2D eigenvalue weighted by molar-refractivity contribution is 5.60. The van der Waals surface area contributed by atoms with Crippen molar-refractivity contribution in [3.8, 4) is 5.75 Å². The Bertz CT molecular complexity index is 331. The Morgan fingerprint density at radius 3 is 2.92 bits per heavy atom. The van der Waals surface area contributed by atoms with Crippen LogP contribution < -0.4 is 5.32 Å². The Morgan fingerprint density at radius 2 is 2.15 bits per heavy atom. The molecule has 0 aromatic heterocycles. The minimum Gasteiger partial charge on any atom is -0.508 e. The maximum Gasteiger partial charge on any atom is 0.120 e. The van der Waals surface area contributed by atoms with Crippen LogP contribution in [0, 0.1) is 0 Å². The summed E-state index contributed by atoms with van der Waals surface area (Å²) in [5, 5.41) is 13.0. The highest BCUT2D eigenvalue weighted by Crippen LogP contribution is 2.35. The fourth-order valence-corrected chi connectivity index (χ4v) is 1.82. The van der Waals surface area contributed by atoms with Crippen LogP contribution in [0.3, 0.4) is 0 Å². The third kappa shape index (κ3) is 1.48. The van der Waals surface area contributed by atoms with E-state index in [1.807, 2.05) is 12.1 Å². The van der Waals surface area contributed by atoms with Crippen molar-refractivity contribution in [1.82, 2.24) is 0 Å². The fourth-order valence-electron chi connectivity index (χ4n) is 1.82. The topological polar surface area (TPSA) is 32.3 Å². The smallest absolute Gasteiger partial charge is 0.120 e. The predicted molar refractivity (Wildman–Crippen MR) is 54.1 cm³/mol. The maximum atomic E-state index is 9.59. The molecule has 0 bridgehead atoms. The van der Waals surface area contributed by atoms with Gasteiger partial charge in [0.15, 0.2) is 0 Å². The van der Waals surface area contributed by atoms with Gasteiger partial charge in [0, 0.05) is 16.8 Å². The highest BCUT2D eigenvalue weighted by atomic mass is 16.3. The van der Waals surface area contributed by atoms with Crippen LogP contribution in [-0.2, 0) is 6.42 Å². The number of rotatable bonds is 0. The van der Waals surface area contributed by atoms with Crippen molar-refractivity contribution in [2.45, 2.75) is 32.2 Å². The summed E-state index contributed by atoms with van der Waals surface area (Å²) in [4.78, 5) is 0. The zero-order valence-corrected chi connectivity index (χ0v) is 8.09. The summed E-state index contributed by atoms with van der Waals surface area (Å²) in [5.74, 6) is 0.417. The number of phenols is 1. The Labute approximate surface area is 78.6 Å². The van der Waals surface area contributed by atoms with E-state index >= 15 is 0 Å². The van der Waals surface area contributed by atoms with Gasteiger partial charge in [0.25, 0.3) is 0 Å². The quantitative estimate of drug-likeness (QED) is 0.638. The highest BCUT2D eigenvalue weighted by Gasteiger charge is 2.25. The van der Waals surface area contributed by atoms with Gasteiger partial charge in [-0.2, -0.15) is 0 Å². The standard InChI is InChI=1S/C11H15NO/c1-11(2)7-6-8-9(12-11)4-3-5-10(8)13/h3-5,12-13H,6-7H2,1-2H3. The molecule has 0 atom stereocenters. The molecule has 0 aliphatic carbocycles. The molecule has 0 saturated carbocycles. The molecule has 1 aromatic carbocycles. The third-order valence-corrected chi connectivity index (χ3v) is 2.62. The lowest BCUT2D eigenvalue weighted by molar-refractivity contribution is 0.450. The lowest BCUT2D eigenvalue weighted by atomic mass is 9.89. The molecule has 2 heteroatoms. The zero-order chi connectivity index (χ0) is 9.47. The van der Waals surface area contributed by atoms with Gasteiger partial charge in [-0.3, -0.25) is 0 Å². The Morgan fingerprint density at radius 1 is 1.38 bits per heavy atom. The summed E-state index contributed by atoms with van der Waals surface area (Å²) in [6.07, 6.45) is 2.03. The van der Waals surface area contributed by atoms with Crippen LogP contribution in [0.15, 0.2) is 18.2 Å². The summed E-state index contributed by atoms with van der Waals surface area (Å²) >= 11 is 0. The van der Waals surface area contributed by atoms with Crippen LogP contribution in [0.2, 0.25) is 0 Å². The molecule has 1 aliphatic rings. The van der Waals surface area contributed by atoms with E-state index in [1.165, 1.54) is 0 Å². The Kier molecular flexibility index (Phi) is 1.72. The molecule has 0 fully saturated rings. The van der Waals surface area contributed by atoms with Gasteiger partial charge in [-0.05, 0) is 38.8 Å². The lowest BCUT2D eigenvalue weighted by Gasteiger charge is -2.33. The third-order valence-electron chi connectivity index (χ3n) is 2.62. The molecular formula is C11H15NO. The molecule has 1 heterocycles. The first-order valence-electron chi connectivity index (χ1n) is 4.67. The molecule has 1 aromatic rings. The minimum atomic E-state index is 0.154. The number of nitrogens with one attached hydrogen (secondary N) is 1. The van der Waals surface area contributed by atoms with Gasteiger partial charge in [-0.25, -0.2) is 0 Å². The maximum absolute atomic E-state index is 9.59. The minimum absolute atomic E-state index is 0.154. The molecule has 2 nitrogen and oxygen atoms in total. The Hall–Kier alpha value is -1.18. The van der Waals surface area contributed by atoms with Gasteiger partial charge in [-0.1, -0.05) is 6.07 Å². The number of benzene rings is 1. The molecule has 0 radical (unpaired) electrons. The van der Waals surface area contributed by atoms with Crippen LogP contribution in [0.1, 0.15) is 25.8 Å². The van der Waals surface area contributed by atoms with Crippen molar-refractivity contribution in [2.24, 2.45) is 0 Å². The van der Waals surface area contributed by atoms with Crippen molar-refractivity contribution in [3.63, 3.8) is 0 Å². The normalized spacial score (nSPS) is 18.9. The molecule has 70 valence electrons. The first kappa shape index (κ1) is 8.42. The molecule has 0 unspecified atom stereocenters. The first-order chi connectivity index (χ1) is 6.08. The number of aromatic hydroxyl groups is 1. The SMILES string of the molecule is CC1(C)CCc2c(O)cccc2N1. The van der Waals surface area contributed by atoms with Crippen molar-refractivity contribution < 1.29 is 5.11 Å². The summed E-state index contributed by atoms with van der Waals surface area (Å²) in [7, 11) is 0. The van der Waals surface area contributed by atoms with E-state index in [9.17, 15) is 5.11 Å². The Balaban J connectivity index is 2.42. The van der Waals surface area contributed by atoms with E-state index in [0.717, 1.165) is 24.1 Å². The second kappa shape index (κ2) is 2.66. The van der Waals surface area contributed by atoms with Crippen molar-refractivity contribution >= 4 is 5.69 Å². The monoisotopic (exact) mass is 177 g/mol. The first-order valence-corrected chi connectivity index (χ1v) is 4.67. The zero-order valence-electron chi connectivity index (χ0n) is 8.09. The van der Waals surface area contributed by atoms with Crippen LogP contribution >= 0.6 is 0 Å². The van der Waals surface area contributed by atoms with Gasteiger partial charge in [0.05, 0.1) is 0 Å². The molecule has 13 heavy (non-hydrogen) atoms. The fraction of sp³-hybridized carbons (Fsp3) is 0.455. The number of hydrogen-bond acceptors (Lipinski definition) is 2. The van der Waals surface area contributed by atoms with Crippen LogP contribution in [0.25, 0.3) is 0 Å². The van der Waals surface area contributed by atoms with Gasteiger partial charge in [0.1, 0.15) is 5.75 Å². The molecule has 2 rings (SSSR count). The lowest BCUT2D eigenvalue weighted by Crippen LogP contribution is -2.35. The molecule has 0 spiro atoms.